The predicted octanol–water partition coefficient (Wildman–Crippen LogP) is 3.81. The van der Waals surface area contributed by atoms with E-state index in [1.807, 2.05) is 24.3 Å². The molecule has 0 bridgehead atoms. The summed E-state index contributed by atoms with van der Waals surface area (Å²) in [5.74, 6) is 1.57. The molecule has 2 fully saturated rings. The number of fused-ring (bicyclic) bond motifs is 1. The molecule has 1 aliphatic carbocycles. The monoisotopic (exact) mass is 297 g/mol. The highest BCUT2D eigenvalue weighted by Crippen LogP contribution is 2.35. The first-order valence-electron chi connectivity index (χ1n) is 8.58. The summed E-state index contributed by atoms with van der Waals surface area (Å²) >= 11 is 0. The number of nitrogens with one attached hydrogen (secondary N) is 1. The van der Waals surface area contributed by atoms with Gasteiger partial charge in [-0.1, -0.05) is 31.4 Å². The number of carbonyl (C=O) groups excluding carboxylic acids is 1. The molecule has 1 saturated carbocycles. The van der Waals surface area contributed by atoms with Crippen LogP contribution in [0.25, 0.3) is 11.0 Å². The Labute approximate surface area is 130 Å². The maximum Gasteiger partial charge on any atom is 0.226 e. The molecule has 2 aliphatic rings. The molecule has 1 N–H and O–H groups in total. The zero-order valence-corrected chi connectivity index (χ0v) is 12.9. The minimum absolute atomic E-state index is 0.141. The molecule has 1 aromatic carbocycles. The molecule has 0 radical (unpaired) electrons. The van der Waals surface area contributed by atoms with Gasteiger partial charge in [-0.05, 0) is 37.8 Å². The number of H-pyrrole nitrogens is 1. The van der Waals surface area contributed by atoms with Crippen molar-refractivity contribution in [1.29, 1.82) is 0 Å². The Kier molecular flexibility index (Phi) is 3.60. The standard InChI is InChI=1S/C18H23N3O/c22-18(13-7-2-1-3-8-13)21-12-6-11-16(21)17-19-14-9-4-5-10-15(14)20-17/h4-5,9-10,13,16H,1-3,6-8,11-12H2,(H,19,20). The van der Waals surface area contributed by atoms with Gasteiger partial charge in [0.2, 0.25) is 5.91 Å². The van der Waals surface area contributed by atoms with E-state index >= 15 is 0 Å². The van der Waals surface area contributed by atoms with E-state index in [9.17, 15) is 4.79 Å². The van der Waals surface area contributed by atoms with Gasteiger partial charge in [-0.15, -0.1) is 0 Å². The normalized spacial score (nSPS) is 23.3. The number of aromatic nitrogens is 2. The van der Waals surface area contributed by atoms with Crippen LogP contribution in [0.15, 0.2) is 24.3 Å². The third kappa shape index (κ3) is 2.40. The molecule has 0 spiro atoms. The first-order chi connectivity index (χ1) is 10.8. The van der Waals surface area contributed by atoms with Gasteiger partial charge in [0, 0.05) is 12.5 Å². The van der Waals surface area contributed by atoms with Gasteiger partial charge >= 0.3 is 0 Å². The molecule has 1 amide bonds. The second-order valence-electron chi connectivity index (χ2n) is 6.66. The Balaban J connectivity index is 1.58. The number of amides is 1. The summed E-state index contributed by atoms with van der Waals surface area (Å²) < 4.78 is 0. The highest BCUT2D eigenvalue weighted by molar-refractivity contribution is 5.80. The average Bonchev–Trinajstić information content (AvgIpc) is 3.21. The van der Waals surface area contributed by atoms with Crippen molar-refractivity contribution in [2.24, 2.45) is 5.92 Å². The van der Waals surface area contributed by atoms with Gasteiger partial charge in [0.15, 0.2) is 0 Å². The summed E-state index contributed by atoms with van der Waals surface area (Å²) in [5, 5.41) is 0. The number of hydrogen-bond donors (Lipinski definition) is 1. The molecule has 1 unspecified atom stereocenters. The lowest BCUT2D eigenvalue weighted by Crippen LogP contribution is -2.36. The van der Waals surface area contributed by atoms with E-state index in [-0.39, 0.29) is 12.0 Å². The zero-order chi connectivity index (χ0) is 14.9. The number of benzene rings is 1. The fourth-order valence-corrected chi connectivity index (χ4v) is 4.03. The van der Waals surface area contributed by atoms with Gasteiger partial charge in [0.05, 0.1) is 17.1 Å². The fraction of sp³-hybridized carbons (Fsp3) is 0.556. The van der Waals surface area contributed by atoms with Crippen molar-refractivity contribution in [3.05, 3.63) is 30.1 Å². The van der Waals surface area contributed by atoms with Crippen LogP contribution in [0, 0.1) is 5.92 Å². The molecular formula is C18H23N3O. The second kappa shape index (κ2) is 5.75. The molecule has 4 rings (SSSR count). The van der Waals surface area contributed by atoms with Gasteiger partial charge in [-0.2, -0.15) is 0 Å². The number of para-hydroxylation sites is 2. The lowest BCUT2D eigenvalue weighted by Gasteiger charge is -2.29. The molecule has 2 aromatic rings. The first kappa shape index (κ1) is 13.8. The van der Waals surface area contributed by atoms with Crippen molar-refractivity contribution in [3.8, 4) is 0 Å². The van der Waals surface area contributed by atoms with Crippen LogP contribution in [0.5, 0.6) is 0 Å². The van der Waals surface area contributed by atoms with Gasteiger partial charge in [0.25, 0.3) is 0 Å². The largest absolute Gasteiger partial charge is 0.340 e. The first-order valence-corrected chi connectivity index (χ1v) is 8.58. The quantitative estimate of drug-likeness (QED) is 0.916. The van der Waals surface area contributed by atoms with Gasteiger partial charge in [-0.25, -0.2) is 4.98 Å². The van der Waals surface area contributed by atoms with Crippen molar-refractivity contribution in [1.82, 2.24) is 14.9 Å². The van der Waals surface area contributed by atoms with Crippen LogP contribution in [0.4, 0.5) is 0 Å². The van der Waals surface area contributed by atoms with Crippen molar-refractivity contribution in [2.75, 3.05) is 6.54 Å². The summed E-state index contributed by atoms with van der Waals surface area (Å²) in [6.07, 6.45) is 7.96. The van der Waals surface area contributed by atoms with Gasteiger partial charge < -0.3 is 9.88 Å². The highest BCUT2D eigenvalue weighted by Gasteiger charge is 2.35. The van der Waals surface area contributed by atoms with Crippen LogP contribution in [0.2, 0.25) is 0 Å². The predicted molar refractivity (Wildman–Crippen MR) is 86.4 cm³/mol. The Morgan fingerprint density at radius 3 is 2.73 bits per heavy atom. The lowest BCUT2D eigenvalue weighted by atomic mass is 9.88. The SMILES string of the molecule is O=C(C1CCCCC1)N1CCCC1c1nc2ccccc2[nH]1. The summed E-state index contributed by atoms with van der Waals surface area (Å²) in [6.45, 7) is 0.886. The Hall–Kier alpha value is -1.84. The Morgan fingerprint density at radius 1 is 1.09 bits per heavy atom. The maximum atomic E-state index is 12.9. The molecule has 1 atom stereocenters. The molecule has 1 aromatic heterocycles. The van der Waals surface area contributed by atoms with Crippen LogP contribution in [0.1, 0.15) is 56.8 Å². The summed E-state index contributed by atoms with van der Waals surface area (Å²) in [7, 11) is 0. The van der Waals surface area contributed by atoms with E-state index in [0.29, 0.717) is 5.91 Å². The number of hydrogen-bond acceptors (Lipinski definition) is 2. The zero-order valence-electron chi connectivity index (χ0n) is 12.9. The van der Waals surface area contributed by atoms with Gasteiger partial charge in [0.1, 0.15) is 5.82 Å². The topological polar surface area (TPSA) is 49.0 Å². The van der Waals surface area contributed by atoms with Crippen LogP contribution in [-0.4, -0.2) is 27.3 Å². The van der Waals surface area contributed by atoms with Crippen molar-refractivity contribution in [3.63, 3.8) is 0 Å². The molecular weight excluding hydrogens is 274 g/mol. The number of imidazole rings is 1. The maximum absolute atomic E-state index is 12.9. The minimum atomic E-state index is 0.141. The molecule has 116 valence electrons. The summed E-state index contributed by atoms with van der Waals surface area (Å²) in [4.78, 5) is 23.1. The second-order valence-corrected chi connectivity index (χ2v) is 6.66. The number of aromatic amines is 1. The molecule has 1 aliphatic heterocycles. The van der Waals surface area contributed by atoms with Crippen LogP contribution >= 0.6 is 0 Å². The molecule has 1 saturated heterocycles. The smallest absolute Gasteiger partial charge is 0.226 e. The molecule has 22 heavy (non-hydrogen) atoms. The van der Waals surface area contributed by atoms with Crippen LogP contribution in [-0.2, 0) is 4.79 Å². The molecule has 4 nitrogen and oxygen atoms in total. The van der Waals surface area contributed by atoms with Crippen molar-refractivity contribution in [2.45, 2.75) is 51.0 Å². The third-order valence-corrected chi connectivity index (χ3v) is 5.21. The van der Waals surface area contributed by atoms with E-state index in [4.69, 9.17) is 4.98 Å². The number of nitrogens with zero attached hydrogens (tertiary/aromatic N) is 2. The average molecular weight is 297 g/mol. The summed E-state index contributed by atoms with van der Waals surface area (Å²) in [6, 6.07) is 8.24. The molecule has 4 heteroatoms. The number of likely N-dealkylation sites (tertiary alicyclic amines) is 1. The summed E-state index contributed by atoms with van der Waals surface area (Å²) in [5.41, 5.74) is 2.06. The Bertz CT molecular complexity index is 639. The lowest BCUT2D eigenvalue weighted by molar-refractivity contribution is -0.137. The van der Waals surface area contributed by atoms with E-state index in [2.05, 4.69) is 9.88 Å². The third-order valence-electron chi connectivity index (χ3n) is 5.21. The molecule has 2 heterocycles. The minimum Gasteiger partial charge on any atom is -0.340 e. The Morgan fingerprint density at radius 2 is 1.91 bits per heavy atom. The van der Waals surface area contributed by atoms with E-state index in [1.165, 1.54) is 19.3 Å². The number of carbonyl (C=O) groups is 1. The van der Waals surface area contributed by atoms with E-state index in [1.54, 1.807) is 0 Å². The van der Waals surface area contributed by atoms with Crippen molar-refractivity contribution >= 4 is 16.9 Å². The van der Waals surface area contributed by atoms with Crippen molar-refractivity contribution < 1.29 is 4.79 Å². The number of rotatable bonds is 2. The highest BCUT2D eigenvalue weighted by atomic mass is 16.2. The van der Waals surface area contributed by atoms with E-state index < -0.39 is 0 Å². The van der Waals surface area contributed by atoms with Gasteiger partial charge in [-0.3, -0.25) is 4.79 Å². The van der Waals surface area contributed by atoms with E-state index in [0.717, 1.165) is 49.1 Å². The fourth-order valence-electron chi connectivity index (χ4n) is 4.03. The van der Waals surface area contributed by atoms with Crippen LogP contribution in [0.3, 0.4) is 0 Å². The van der Waals surface area contributed by atoms with Crippen LogP contribution < -0.4 is 0 Å².